The molecule has 0 spiro atoms. The number of halogens is 1. The normalized spacial score (nSPS) is 11.9. The number of rotatable bonds is 7. The number of carbonyl (C=O) groups excluding carboxylic acids is 1. The maximum absolute atomic E-state index is 13.4. The summed E-state index contributed by atoms with van der Waals surface area (Å²) >= 11 is 1.51. The molecule has 2 aromatic carbocycles. The Balaban J connectivity index is 1.75. The van der Waals surface area contributed by atoms with Crippen LogP contribution in [0.5, 0.6) is 0 Å². The van der Waals surface area contributed by atoms with Gasteiger partial charge in [-0.05, 0) is 55.3 Å². The molecule has 1 N–H and O–H groups in total. The van der Waals surface area contributed by atoms with E-state index in [9.17, 15) is 9.18 Å². The zero-order chi connectivity index (χ0) is 20.8. The highest BCUT2D eigenvalue weighted by atomic mass is 32.2. The Morgan fingerprint density at radius 1 is 1.00 bits per heavy atom. The Hall–Kier alpha value is -2.73. The van der Waals surface area contributed by atoms with Crippen molar-refractivity contribution in [1.29, 1.82) is 0 Å². The summed E-state index contributed by atoms with van der Waals surface area (Å²) in [6.07, 6.45) is 2.85. The largest absolute Gasteiger partial charge is 0.345 e. The first-order valence-electron chi connectivity index (χ1n) is 9.46. The van der Waals surface area contributed by atoms with Crippen LogP contribution in [0.15, 0.2) is 59.8 Å². The molecule has 0 bridgehead atoms. The summed E-state index contributed by atoms with van der Waals surface area (Å²) in [5, 5.41) is 3.84. The summed E-state index contributed by atoms with van der Waals surface area (Å²) in [5.74, 6) is -0.373. The molecule has 4 nitrogen and oxygen atoms in total. The van der Waals surface area contributed by atoms with Crippen LogP contribution in [0.4, 0.5) is 4.39 Å². The van der Waals surface area contributed by atoms with Crippen molar-refractivity contribution in [2.75, 3.05) is 6.26 Å². The maximum Gasteiger partial charge on any atom is 0.221 e. The quantitative estimate of drug-likeness (QED) is 0.450. The summed E-state index contributed by atoms with van der Waals surface area (Å²) in [5.41, 5.74) is 4.62. The van der Waals surface area contributed by atoms with Gasteiger partial charge in [0.05, 0.1) is 6.04 Å². The first-order valence-corrected chi connectivity index (χ1v) is 10.7. The first-order chi connectivity index (χ1) is 14.0. The predicted octanol–water partition coefficient (Wildman–Crippen LogP) is 4.79. The van der Waals surface area contributed by atoms with E-state index in [4.69, 9.17) is 0 Å². The summed E-state index contributed by atoms with van der Waals surface area (Å²) in [4.78, 5) is 21.7. The summed E-state index contributed by atoms with van der Waals surface area (Å²) in [7, 11) is 0. The highest BCUT2D eigenvalue weighted by Crippen LogP contribution is 2.23. The third-order valence-electron chi connectivity index (χ3n) is 4.83. The van der Waals surface area contributed by atoms with Gasteiger partial charge < -0.3 is 5.32 Å². The number of aromatic nitrogens is 2. The fraction of sp³-hybridized carbons (Fsp3) is 0.261. The van der Waals surface area contributed by atoms with Crippen molar-refractivity contribution < 1.29 is 9.18 Å². The minimum Gasteiger partial charge on any atom is -0.345 e. The van der Waals surface area contributed by atoms with Gasteiger partial charge in [0, 0.05) is 17.8 Å². The number of thioether (sulfide) groups is 1. The molecule has 1 unspecified atom stereocenters. The SMILES string of the molecule is CSc1nc(C)c(CCC(=O)NC(c2ccccc2)c2ccc(F)cc2)c(C)n1. The van der Waals surface area contributed by atoms with Gasteiger partial charge in [0.2, 0.25) is 5.91 Å². The Bertz CT molecular complexity index is 954. The van der Waals surface area contributed by atoms with Gasteiger partial charge in [0.1, 0.15) is 5.82 Å². The molecule has 150 valence electrons. The molecule has 1 amide bonds. The van der Waals surface area contributed by atoms with Crippen LogP contribution < -0.4 is 5.32 Å². The molecule has 0 saturated carbocycles. The van der Waals surface area contributed by atoms with E-state index in [-0.39, 0.29) is 17.8 Å². The minimum absolute atomic E-state index is 0.0732. The van der Waals surface area contributed by atoms with Crippen LogP contribution in [0.3, 0.4) is 0 Å². The average molecular weight is 410 g/mol. The van der Waals surface area contributed by atoms with E-state index in [1.54, 1.807) is 12.1 Å². The topological polar surface area (TPSA) is 54.9 Å². The lowest BCUT2D eigenvalue weighted by atomic mass is 9.98. The van der Waals surface area contributed by atoms with Crippen molar-refractivity contribution in [2.24, 2.45) is 0 Å². The van der Waals surface area contributed by atoms with Crippen molar-refractivity contribution in [3.8, 4) is 0 Å². The standard InChI is InChI=1S/C23H24FN3OS/c1-15-20(16(2)26-23(25-15)29-3)13-14-21(28)27-22(17-7-5-4-6-8-17)18-9-11-19(24)12-10-18/h4-12,22H,13-14H2,1-3H3,(H,27,28). The molecular formula is C23H24FN3OS. The predicted molar refractivity (Wildman–Crippen MR) is 114 cm³/mol. The van der Waals surface area contributed by atoms with Crippen LogP contribution >= 0.6 is 11.8 Å². The molecular weight excluding hydrogens is 385 g/mol. The van der Waals surface area contributed by atoms with Crippen LogP contribution in [-0.4, -0.2) is 22.1 Å². The Kier molecular flexibility index (Phi) is 6.99. The molecule has 6 heteroatoms. The van der Waals surface area contributed by atoms with E-state index in [0.717, 1.165) is 33.2 Å². The van der Waals surface area contributed by atoms with Crippen LogP contribution in [0, 0.1) is 19.7 Å². The minimum atomic E-state index is -0.332. The van der Waals surface area contributed by atoms with Gasteiger partial charge in [-0.15, -0.1) is 0 Å². The molecule has 1 heterocycles. The van der Waals surface area contributed by atoms with Gasteiger partial charge in [-0.2, -0.15) is 0 Å². The van der Waals surface area contributed by atoms with E-state index < -0.39 is 0 Å². The molecule has 3 rings (SSSR count). The zero-order valence-corrected chi connectivity index (χ0v) is 17.6. The maximum atomic E-state index is 13.4. The number of hydrogen-bond acceptors (Lipinski definition) is 4. The Labute approximate surface area is 175 Å². The first kappa shape index (κ1) is 21.0. The summed E-state index contributed by atoms with van der Waals surface area (Å²) in [6, 6.07) is 15.6. The fourth-order valence-corrected chi connectivity index (χ4v) is 3.75. The van der Waals surface area contributed by atoms with E-state index in [2.05, 4.69) is 15.3 Å². The van der Waals surface area contributed by atoms with Gasteiger partial charge in [0.15, 0.2) is 5.16 Å². The van der Waals surface area contributed by atoms with Crippen molar-refractivity contribution in [1.82, 2.24) is 15.3 Å². The lowest BCUT2D eigenvalue weighted by molar-refractivity contribution is -0.121. The van der Waals surface area contributed by atoms with Gasteiger partial charge in [-0.3, -0.25) is 4.79 Å². The number of carbonyl (C=O) groups is 1. The molecule has 29 heavy (non-hydrogen) atoms. The number of hydrogen-bond donors (Lipinski definition) is 1. The molecule has 0 aliphatic rings. The third kappa shape index (κ3) is 5.41. The molecule has 0 aliphatic heterocycles. The number of nitrogens with one attached hydrogen (secondary N) is 1. The smallest absolute Gasteiger partial charge is 0.221 e. The van der Waals surface area contributed by atoms with Gasteiger partial charge in [0.25, 0.3) is 0 Å². The van der Waals surface area contributed by atoms with E-state index in [0.29, 0.717) is 12.8 Å². The van der Waals surface area contributed by atoms with Gasteiger partial charge in [-0.1, -0.05) is 54.2 Å². The molecule has 1 aromatic heterocycles. The van der Waals surface area contributed by atoms with Crippen molar-refractivity contribution in [3.05, 3.63) is 88.5 Å². The molecule has 0 aliphatic carbocycles. The summed E-state index contributed by atoms with van der Waals surface area (Å²) in [6.45, 7) is 3.90. The van der Waals surface area contributed by atoms with Gasteiger partial charge >= 0.3 is 0 Å². The van der Waals surface area contributed by atoms with Crippen molar-refractivity contribution >= 4 is 17.7 Å². The summed E-state index contributed by atoms with van der Waals surface area (Å²) < 4.78 is 13.4. The lowest BCUT2D eigenvalue weighted by Crippen LogP contribution is -2.29. The van der Waals surface area contributed by atoms with Crippen LogP contribution in [0.25, 0.3) is 0 Å². The van der Waals surface area contributed by atoms with E-state index >= 15 is 0 Å². The van der Waals surface area contributed by atoms with E-state index in [1.165, 1.54) is 23.9 Å². The highest BCUT2D eigenvalue weighted by Gasteiger charge is 2.18. The van der Waals surface area contributed by atoms with Crippen molar-refractivity contribution in [2.45, 2.75) is 37.9 Å². The molecule has 3 aromatic rings. The number of aryl methyl sites for hydroxylation is 2. The zero-order valence-electron chi connectivity index (χ0n) is 16.8. The molecule has 0 fully saturated rings. The Morgan fingerprint density at radius 3 is 2.17 bits per heavy atom. The third-order valence-corrected chi connectivity index (χ3v) is 5.37. The molecule has 1 atom stereocenters. The molecule has 0 saturated heterocycles. The van der Waals surface area contributed by atoms with Crippen molar-refractivity contribution in [3.63, 3.8) is 0 Å². The van der Waals surface area contributed by atoms with Crippen LogP contribution in [0.2, 0.25) is 0 Å². The number of benzene rings is 2. The highest BCUT2D eigenvalue weighted by molar-refractivity contribution is 7.98. The lowest BCUT2D eigenvalue weighted by Gasteiger charge is -2.20. The second-order valence-corrected chi connectivity index (χ2v) is 7.60. The second-order valence-electron chi connectivity index (χ2n) is 6.82. The number of amides is 1. The van der Waals surface area contributed by atoms with Crippen LogP contribution in [0.1, 0.15) is 40.5 Å². The Morgan fingerprint density at radius 2 is 1.59 bits per heavy atom. The second kappa shape index (κ2) is 9.65. The van der Waals surface area contributed by atoms with Crippen LogP contribution in [-0.2, 0) is 11.2 Å². The van der Waals surface area contributed by atoms with Gasteiger partial charge in [-0.25, -0.2) is 14.4 Å². The van der Waals surface area contributed by atoms with E-state index in [1.807, 2.05) is 50.4 Å². The monoisotopic (exact) mass is 409 g/mol. The average Bonchev–Trinajstić information content (AvgIpc) is 2.72. The number of nitrogens with zero attached hydrogens (tertiary/aromatic N) is 2. The fourth-order valence-electron chi connectivity index (χ4n) is 3.29. The molecule has 0 radical (unpaired) electrons.